The summed E-state index contributed by atoms with van der Waals surface area (Å²) in [4.78, 5) is 16.7. The predicted molar refractivity (Wildman–Crippen MR) is 96.2 cm³/mol. The SMILES string of the molecule is Cc1cc(C)c(NC(=O)c2cc(NC(C)(C)C)ccn2)c(C)c1. The third-order valence-electron chi connectivity index (χ3n) is 3.43. The molecular formula is C19H25N3O. The minimum atomic E-state index is -0.197. The number of carbonyl (C=O) groups excluding carboxylic acids is 1. The Bertz CT molecular complexity index is 707. The molecule has 1 aromatic heterocycles. The van der Waals surface area contributed by atoms with Gasteiger partial charge in [0.1, 0.15) is 5.69 Å². The Labute approximate surface area is 138 Å². The molecule has 2 aromatic rings. The first kappa shape index (κ1) is 17.0. The number of aryl methyl sites for hydroxylation is 3. The van der Waals surface area contributed by atoms with E-state index in [9.17, 15) is 4.79 Å². The average molecular weight is 311 g/mol. The minimum Gasteiger partial charge on any atom is -0.380 e. The zero-order valence-corrected chi connectivity index (χ0v) is 14.7. The molecule has 2 rings (SSSR count). The molecule has 0 fully saturated rings. The van der Waals surface area contributed by atoms with Gasteiger partial charge in [-0.25, -0.2) is 0 Å². The first-order valence-corrected chi connectivity index (χ1v) is 7.79. The Morgan fingerprint density at radius 3 is 2.22 bits per heavy atom. The Morgan fingerprint density at radius 2 is 1.65 bits per heavy atom. The molecule has 0 saturated heterocycles. The van der Waals surface area contributed by atoms with Crippen LogP contribution in [0.4, 0.5) is 11.4 Å². The second kappa shape index (κ2) is 6.41. The topological polar surface area (TPSA) is 54.0 Å². The van der Waals surface area contributed by atoms with Crippen molar-refractivity contribution in [3.63, 3.8) is 0 Å². The number of benzene rings is 1. The number of hydrogen-bond acceptors (Lipinski definition) is 3. The molecule has 2 N–H and O–H groups in total. The fourth-order valence-electron chi connectivity index (χ4n) is 2.62. The van der Waals surface area contributed by atoms with E-state index >= 15 is 0 Å². The van der Waals surface area contributed by atoms with Gasteiger partial charge in [0.05, 0.1) is 0 Å². The predicted octanol–water partition coefficient (Wildman–Crippen LogP) is 4.47. The van der Waals surface area contributed by atoms with Crippen LogP contribution < -0.4 is 10.6 Å². The second-order valence-electron chi connectivity index (χ2n) is 7.03. The van der Waals surface area contributed by atoms with Crippen molar-refractivity contribution in [3.8, 4) is 0 Å². The van der Waals surface area contributed by atoms with Crippen molar-refractivity contribution in [1.82, 2.24) is 4.98 Å². The van der Waals surface area contributed by atoms with Crippen molar-refractivity contribution < 1.29 is 4.79 Å². The molecule has 0 saturated carbocycles. The number of nitrogens with zero attached hydrogens (tertiary/aromatic N) is 1. The van der Waals surface area contributed by atoms with Gasteiger partial charge in [-0.2, -0.15) is 0 Å². The highest BCUT2D eigenvalue weighted by Crippen LogP contribution is 2.23. The standard InChI is InChI=1S/C19H25N3O/c1-12-9-13(2)17(14(3)10-12)21-18(23)16-11-15(7-8-20-16)22-19(4,5)6/h7-11H,1-6H3,(H,20,22)(H,21,23). The number of rotatable bonds is 3. The number of nitrogens with one attached hydrogen (secondary N) is 2. The van der Waals surface area contributed by atoms with Crippen molar-refractivity contribution >= 4 is 17.3 Å². The van der Waals surface area contributed by atoms with Crippen LogP contribution in [0.5, 0.6) is 0 Å². The largest absolute Gasteiger partial charge is 0.380 e. The summed E-state index contributed by atoms with van der Waals surface area (Å²) in [7, 11) is 0. The van der Waals surface area contributed by atoms with Crippen LogP contribution in [0.2, 0.25) is 0 Å². The van der Waals surface area contributed by atoms with Gasteiger partial charge in [0.2, 0.25) is 0 Å². The lowest BCUT2D eigenvalue weighted by Gasteiger charge is -2.22. The number of aromatic nitrogens is 1. The Hall–Kier alpha value is -2.36. The van der Waals surface area contributed by atoms with Gasteiger partial charge in [0.15, 0.2) is 0 Å². The Balaban J connectivity index is 2.23. The zero-order valence-electron chi connectivity index (χ0n) is 14.7. The average Bonchev–Trinajstić information content (AvgIpc) is 2.41. The molecule has 0 aliphatic heterocycles. The van der Waals surface area contributed by atoms with Crippen molar-refractivity contribution in [2.75, 3.05) is 10.6 Å². The van der Waals surface area contributed by atoms with Gasteiger partial charge < -0.3 is 10.6 Å². The maximum Gasteiger partial charge on any atom is 0.274 e. The van der Waals surface area contributed by atoms with E-state index in [0.717, 1.165) is 22.5 Å². The van der Waals surface area contributed by atoms with Crippen molar-refractivity contribution in [2.45, 2.75) is 47.1 Å². The molecule has 1 amide bonds. The molecule has 4 nitrogen and oxygen atoms in total. The highest BCUT2D eigenvalue weighted by molar-refractivity contribution is 6.04. The molecule has 1 heterocycles. The van der Waals surface area contributed by atoms with Crippen LogP contribution in [-0.4, -0.2) is 16.4 Å². The summed E-state index contributed by atoms with van der Waals surface area (Å²) < 4.78 is 0. The van der Waals surface area contributed by atoms with Gasteiger partial charge in [-0.3, -0.25) is 9.78 Å². The summed E-state index contributed by atoms with van der Waals surface area (Å²) in [5.74, 6) is -0.197. The lowest BCUT2D eigenvalue weighted by atomic mass is 10.0. The summed E-state index contributed by atoms with van der Waals surface area (Å²) in [5.41, 5.74) is 5.37. The number of pyridine rings is 1. The first-order chi connectivity index (χ1) is 10.7. The molecule has 1 aromatic carbocycles. The normalized spacial score (nSPS) is 11.2. The van der Waals surface area contributed by atoms with Crippen LogP contribution in [0, 0.1) is 20.8 Å². The van der Waals surface area contributed by atoms with Crippen molar-refractivity contribution in [1.29, 1.82) is 0 Å². The van der Waals surface area contributed by atoms with Gasteiger partial charge in [-0.05, 0) is 64.8 Å². The Kier molecular flexibility index (Phi) is 4.73. The quantitative estimate of drug-likeness (QED) is 0.879. The van der Waals surface area contributed by atoms with Crippen molar-refractivity contribution in [3.05, 3.63) is 52.8 Å². The fourth-order valence-corrected chi connectivity index (χ4v) is 2.62. The van der Waals surface area contributed by atoms with Crippen LogP contribution in [-0.2, 0) is 0 Å². The first-order valence-electron chi connectivity index (χ1n) is 7.79. The van der Waals surface area contributed by atoms with E-state index in [4.69, 9.17) is 0 Å². The maximum atomic E-state index is 12.5. The summed E-state index contributed by atoms with van der Waals surface area (Å²) >= 11 is 0. The lowest BCUT2D eigenvalue weighted by Crippen LogP contribution is -2.26. The van der Waals surface area contributed by atoms with E-state index in [-0.39, 0.29) is 11.4 Å². The van der Waals surface area contributed by atoms with E-state index in [0.29, 0.717) is 5.69 Å². The molecule has 0 atom stereocenters. The van der Waals surface area contributed by atoms with Gasteiger partial charge in [0.25, 0.3) is 5.91 Å². The highest BCUT2D eigenvalue weighted by Gasteiger charge is 2.14. The van der Waals surface area contributed by atoms with Crippen LogP contribution in [0.25, 0.3) is 0 Å². The Morgan fingerprint density at radius 1 is 1.04 bits per heavy atom. The second-order valence-corrected chi connectivity index (χ2v) is 7.03. The molecule has 122 valence electrons. The van der Waals surface area contributed by atoms with E-state index in [1.165, 1.54) is 5.56 Å². The molecular weight excluding hydrogens is 286 g/mol. The monoisotopic (exact) mass is 311 g/mol. The molecule has 0 aliphatic carbocycles. The minimum absolute atomic E-state index is 0.0702. The molecule has 0 unspecified atom stereocenters. The third kappa shape index (κ3) is 4.55. The molecule has 0 spiro atoms. The van der Waals surface area contributed by atoms with Crippen LogP contribution in [0.15, 0.2) is 30.5 Å². The lowest BCUT2D eigenvalue weighted by molar-refractivity contribution is 0.102. The molecule has 0 bridgehead atoms. The van der Waals surface area contributed by atoms with E-state index in [1.54, 1.807) is 12.3 Å². The maximum absolute atomic E-state index is 12.5. The molecule has 0 aliphatic rings. The van der Waals surface area contributed by atoms with E-state index < -0.39 is 0 Å². The van der Waals surface area contributed by atoms with Crippen molar-refractivity contribution in [2.24, 2.45) is 0 Å². The summed E-state index contributed by atoms with van der Waals surface area (Å²) in [6.45, 7) is 12.3. The number of anilines is 2. The fraction of sp³-hybridized carbons (Fsp3) is 0.368. The van der Waals surface area contributed by atoms with Crippen LogP contribution in [0.3, 0.4) is 0 Å². The van der Waals surface area contributed by atoms with Gasteiger partial charge in [0, 0.05) is 23.1 Å². The number of carbonyl (C=O) groups is 1. The van der Waals surface area contributed by atoms with Gasteiger partial charge >= 0.3 is 0 Å². The summed E-state index contributed by atoms with van der Waals surface area (Å²) in [6.07, 6.45) is 1.65. The van der Waals surface area contributed by atoms with E-state index in [1.807, 2.05) is 19.9 Å². The number of amides is 1. The number of hydrogen-bond donors (Lipinski definition) is 2. The molecule has 23 heavy (non-hydrogen) atoms. The van der Waals surface area contributed by atoms with Gasteiger partial charge in [-0.1, -0.05) is 17.7 Å². The van der Waals surface area contributed by atoms with Crippen LogP contribution in [0.1, 0.15) is 48.0 Å². The molecule has 0 radical (unpaired) electrons. The molecule has 4 heteroatoms. The highest BCUT2D eigenvalue weighted by atomic mass is 16.1. The van der Waals surface area contributed by atoms with Crippen LogP contribution >= 0.6 is 0 Å². The summed E-state index contributed by atoms with van der Waals surface area (Å²) in [5, 5.41) is 6.33. The smallest absolute Gasteiger partial charge is 0.274 e. The third-order valence-corrected chi connectivity index (χ3v) is 3.43. The van der Waals surface area contributed by atoms with E-state index in [2.05, 4.69) is 55.4 Å². The zero-order chi connectivity index (χ0) is 17.2. The summed E-state index contributed by atoms with van der Waals surface area (Å²) in [6, 6.07) is 7.77. The van der Waals surface area contributed by atoms with Gasteiger partial charge in [-0.15, -0.1) is 0 Å².